The Morgan fingerprint density at radius 1 is 0.465 bits per heavy atom. The molecule has 0 saturated heterocycles. The monoisotopic (exact) mass is 626 g/mol. The molecule has 3 heteroatoms. The summed E-state index contributed by atoms with van der Waals surface area (Å²) in [5.74, 6) is 8.10. The van der Waals surface area contributed by atoms with Crippen molar-refractivity contribution in [3.8, 4) is 11.1 Å². The second-order valence-corrected chi connectivity index (χ2v) is 13.5. The van der Waals surface area contributed by atoms with E-state index in [1.807, 2.05) is 0 Å². The van der Waals surface area contributed by atoms with Crippen LogP contribution in [0, 0.1) is 61.2 Å². The molecule has 0 amide bonds. The van der Waals surface area contributed by atoms with Crippen LogP contribution in [0.25, 0.3) is 32.7 Å². The van der Waals surface area contributed by atoms with Gasteiger partial charge >= 0.3 is 35.6 Å². The van der Waals surface area contributed by atoms with E-state index in [1.54, 1.807) is 0 Å². The van der Waals surface area contributed by atoms with E-state index in [2.05, 4.69) is 147 Å². The number of allylic oxidation sites excluding steroid dienone is 8. The van der Waals surface area contributed by atoms with Crippen molar-refractivity contribution in [2.45, 2.75) is 12.8 Å². The number of fused-ring (bicyclic) bond motifs is 4. The van der Waals surface area contributed by atoms with Crippen molar-refractivity contribution in [1.82, 2.24) is 0 Å². The number of benzene rings is 4. The van der Waals surface area contributed by atoms with Crippen LogP contribution in [0.4, 0.5) is 0 Å². The van der Waals surface area contributed by atoms with Crippen LogP contribution in [0.2, 0.25) is 0 Å². The third-order valence-corrected chi connectivity index (χ3v) is 8.58. The van der Waals surface area contributed by atoms with Crippen molar-refractivity contribution in [3.63, 3.8) is 0 Å². The van der Waals surface area contributed by atoms with Crippen LogP contribution in [0.3, 0.4) is 0 Å². The minimum absolute atomic E-state index is 0.556. The standard InChI is InChI=1S/C40H28.2ClH.Ti/c1-5-13-35-27(9-1)17-21-31(35)25-33-23-19-29-11-3-7-15-37(29)39(33)40-34(24-20-30-12-4-8-16-38(30)40)26-32-22-18-28-10-2-6-14-36(28)32;;;/h1-24H,25-26H2;2*1H;/q;;;+2/p-2. The number of hydrogen-bond donors (Lipinski definition) is 0. The molecule has 0 aromatic heterocycles. The van der Waals surface area contributed by atoms with E-state index in [9.17, 15) is 0 Å². The van der Waals surface area contributed by atoms with Gasteiger partial charge in [0.15, 0.2) is 0 Å². The number of hydrogen-bond acceptors (Lipinski definition) is 0. The van der Waals surface area contributed by atoms with E-state index in [4.69, 9.17) is 18.6 Å². The molecule has 0 nitrogen and oxygen atoms in total. The first kappa shape index (κ1) is 29.4. The van der Waals surface area contributed by atoms with Crippen molar-refractivity contribution >= 4 is 40.2 Å². The van der Waals surface area contributed by atoms with Crippen molar-refractivity contribution < 1.29 is 17.0 Å². The maximum absolute atomic E-state index is 4.89. The molecule has 2 saturated carbocycles. The number of halogens is 2. The van der Waals surface area contributed by atoms with Gasteiger partial charge in [0.25, 0.3) is 0 Å². The molecule has 4 aliphatic carbocycles. The summed E-state index contributed by atoms with van der Waals surface area (Å²) in [5.41, 5.74) is 5.48. The van der Waals surface area contributed by atoms with Gasteiger partial charge in [-0.2, -0.15) is 0 Å². The SMILES string of the molecule is [CH]1[CH][C](Cc2ccc3ccccc3c2-c2c(C[C]3[CH][CH][C]4C=CC=C[C]43)ccc3ccccc23)[C]2C=CC=C[C]12.[Cl][Ti][Cl]. The molecule has 0 aliphatic heterocycles. The molecule has 0 spiro atoms. The summed E-state index contributed by atoms with van der Waals surface area (Å²) < 4.78 is 0. The minimum atomic E-state index is -0.556. The molecule has 0 bridgehead atoms. The van der Waals surface area contributed by atoms with Gasteiger partial charge in [0.05, 0.1) is 0 Å². The Hall–Kier alpha value is -2.35. The molecule has 4 aliphatic rings. The Morgan fingerprint density at radius 3 is 1.35 bits per heavy atom. The Bertz CT molecular complexity index is 1600. The summed E-state index contributed by atoms with van der Waals surface area (Å²) in [5, 5.41) is 5.21. The van der Waals surface area contributed by atoms with E-state index in [-0.39, 0.29) is 0 Å². The Balaban J connectivity index is 0.000000963. The van der Waals surface area contributed by atoms with Crippen LogP contribution in [-0.4, -0.2) is 0 Å². The molecule has 0 unspecified atom stereocenters. The van der Waals surface area contributed by atoms with Gasteiger partial charge in [-0.1, -0.05) is 121 Å². The average Bonchev–Trinajstić information content (AvgIpc) is 3.66. The summed E-state index contributed by atoms with van der Waals surface area (Å²) in [6.07, 6.45) is 28.4. The molecule has 43 heavy (non-hydrogen) atoms. The quantitative estimate of drug-likeness (QED) is 0.193. The Kier molecular flexibility index (Phi) is 9.11. The molecule has 0 atom stereocenters. The van der Waals surface area contributed by atoms with Crippen LogP contribution < -0.4 is 0 Å². The van der Waals surface area contributed by atoms with Crippen molar-refractivity contribution in [2.75, 3.05) is 0 Å². The maximum atomic E-state index is 4.89. The van der Waals surface area contributed by atoms with Gasteiger partial charge in [-0.15, -0.1) is 0 Å². The van der Waals surface area contributed by atoms with Crippen LogP contribution in [-0.2, 0) is 29.9 Å². The Morgan fingerprint density at radius 2 is 0.884 bits per heavy atom. The topological polar surface area (TPSA) is 0 Å². The van der Waals surface area contributed by atoms with Crippen LogP contribution in [0.5, 0.6) is 0 Å². The molecule has 8 rings (SSSR count). The fourth-order valence-corrected chi connectivity index (χ4v) is 6.67. The molecule has 0 heterocycles. The molecule has 206 valence electrons. The molecule has 4 aromatic carbocycles. The van der Waals surface area contributed by atoms with Crippen molar-refractivity contribution in [1.29, 1.82) is 0 Å². The third-order valence-electron chi connectivity index (χ3n) is 8.58. The summed E-state index contributed by atoms with van der Waals surface area (Å²) in [4.78, 5) is 0. The zero-order valence-corrected chi connectivity index (χ0v) is 26.6. The molecule has 4 aromatic rings. The van der Waals surface area contributed by atoms with E-state index < -0.39 is 17.0 Å². The van der Waals surface area contributed by atoms with Gasteiger partial charge in [0, 0.05) is 23.7 Å². The van der Waals surface area contributed by atoms with Gasteiger partial charge in [0.1, 0.15) is 0 Å². The third kappa shape index (κ3) is 5.90. The first-order valence-corrected chi connectivity index (χ1v) is 18.8. The average molecular weight is 627 g/mol. The second kappa shape index (κ2) is 13.3. The molecule has 2 fully saturated rings. The molecular formula is C40H28Cl2Ti. The molecular weight excluding hydrogens is 599 g/mol. The zero-order chi connectivity index (χ0) is 29.2. The first-order chi connectivity index (χ1) is 21.2. The van der Waals surface area contributed by atoms with Gasteiger partial charge < -0.3 is 0 Å². The normalized spacial score (nSPS) is 19.2. The van der Waals surface area contributed by atoms with E-state index in [0.717, 1.165) is 12.8 Å². The predicted molar refractivity (Wildman–Crippen MR) is 179 cm³/mol. The first-order valence-electron chi connectivity index (χ1n) is 14.5. The van der Waals surface area contributed by atoms with Gasteiger partial charge in [-0.3, -0.25) is 0 Å². The van der Waals surface area contributed by atoms with Gasteiger partial charge in [-0.25, -0.2) is 0 Å². The molecule has 0 N–H and O–H groups in total. The van der Waals surface area contributed by atoms with Crippen LogP contribution in [0.15, 0.2) is 121 Å². The fraction of sp³-hybridized carbons (Fsp3) is 0.0500. The second-order valence-electron chi connectivity index (χ2n) is 11.0. The van der Waals surface area contributed by atoms with E-state index in [1.165, 1.54) is 79.3 Å². The summed E-state index contributed by atoms with van der Waals surface area (Å²) in [7, 11) is 9.78. The van der Waals surface area contributed by atoms with Crippen molar-refractivity contribution in [2.24, 2.45) is 0 Å². The Labute approximate surface area is 273 Å². The van der Waals surface area contributed by atoms with Crippen LogP contribution in [0.1, 0.15) is 11.1 Å². The van der Waals surface area contributed by atoms with Gasteiger partial charge in [0.2, 0.25) is 0 Å². The van der Waals surface area contributed by atoms with E-state index >= 15 is 0 Å². The summed E-state index contributed by atoms with van der Waals surface area (Å²) in [6.45, 7) is 0. The van der Waals surface area contributed by atoms with Crippen molar-refractivity contribution in [3.05, 3.63) is 194 Å². The summed E-state index contributed by atoms with van der Waals surface area (Å²) in [6, 6.07) is 27.1. The number of rotatable bonds is 5. The van der Waals surface area contributed by atoms with Gasteiger partial charge in [-0.05, 0) is 94.2 Å². The molecule has 10 radical (unpaired) electrons. The zero-order valence-electron chi connectivity index (χ0n) is 23.5. The van der Waals surface area contributed by atoms with E-state index in [0.29, 0.717) is 0 Å². The van der Waals surface area contributed by atoms with Crippen LogP contribution >= 0.6 is 18.6 Å². The fourth-order valence-electron chi connectivity index (χ4n) is 6.67. The summed E-state index contributed by atoms with van der Waals surface area (Å²) >= 11 is -0.556. The predicted octanol–water partition coefficient (Wildman–Crippen LogP) is 10.7.